The number of halogens is 2. The van der Waals surface area contributed by atoms with E-state index in [0.717, 1.165) is 0 Å². The molecule has 0 fully saturated rings. The highest BCUT2D eigenvalue weighted by Gasteiger charge is 2.28. The van der Waals surface area contributed by atoms with E-state index in [-0.39, 0.29) is 27.9 Å². The molecule has 144 valence electrons. The van der Waals surface area contributed by atoms with Crippen molar-refractivity contribution in [2.75, 3.05) is 6.61 Å². The molecule has 1 atom stereocenters. The number of ether oxygens (including phenoxy) is 2. The molecule has 0 aliphatic heterocycles. The Morgan fingerprint density at radius 3 is 2.22 bits per heavy atom. The fraction of sp³-hybridized carbons (Fsp3) is 0.316. The second-order valence-corrected chi connectivity index (χ2v) is 6.67. The van der Waals surface area contributed by atoms with Crippen LogP contribution in [-0.2, 0) is 9.47 Å². The predicted octanol–water partition coefficient (Wildman–Crippen LogP) is 4.54. The zero-order valence-corrected chi connectivity index (χ0v) is 16.8. The van der Waals surface area contributed by atoms with Crippen LogP contribution in [0.4, 0.5) is 0 Å². The topological polar surface area (TPSA) is 85.5 Å². The molecule has 1 heterocycles. The SMILES string of the molecule is CCOC(=O)c1c(C)[nH]c(C(=O)[C@@H](C)OC(=O)c2c(Cl)cccc2Cl)c1C. The Balaban J connectivity index is 2.24. The van der Waals surface area contributed by atoms with Gasteiger partial charge in [0.05, 0.1) is 33.5 Å². The van der Waals surface area contributed by atoms with Crippen LogP contribution in [0.15, 0.2) is 18.2 Å². The lowest BCUT2D eigenvalue weighted by Crippen LogP contribution is -2.25. The first kappa shape index (κ1) is 21.0. The summed E-state index contributed by atoms with van der Waals surface area (Å²) in [4.78, 5) is 40.0. The van der Waals surface area contributed by atoms with E-state index in [4.69, 9.17) is 32.7 Å². The number of carbonyl (C=O) groups is 3. The molecular formula is C19H19Cl2NO5. The summed E-state index contributed by atoms with van der Waals surface area (Å²) in [5, 5.41) is 0.257. The van der Waals surface area contributed by atoms with Gasteiger partial charge in [0.2, 0.25) is 5.78 Å². The molecule has 6 nitrogen and oxygen atoms in total. The largest absolute Gasteiger partial charge is 0.462 e. The highest BCUT2D eigenvalue weighted by Crippen LogP contribution is 2.26. The van der Waals surface area contributed by atoms with Crippen LogP contribution in [0.5, 0.6) is 0 Å². The molecule has 0 spiro atoms. The van der Waals surface area contributed by atoms with Gasteiger partial charge in [-0.25, -0.2) is 9.59 Å². The third-order valence-electron chi connectivity index (χ3n) is 3.98. The normalized spacial score (nSPS) is 11.8. The number of H-pyrrole nitrogens is 1. The number of rotatable bonds is 6. The maximum atomic E-state index is 12.7. The van der Waals surface area contributed by atoms with E-state index in [1.807, 2.05) is 0 Å². The fourth-order valence-electron chi connectivity index (χ4n) is 2.67. The maximum Gasteiger partial charge on any atom is 0.341 e. The molecular weight excluding hydrogens is 393 g/mol. The van der Waals surface area contributed by atoms with Crippen molar-refractivity contribution in [2.24, 2.45) is 0 Å². The number of aromatic amines is 1. The average Bonchev–Trinajstić information content (AvgIpc) is 2.88. The Bertz CT molecular complexity index is 883. The number of carbonyl (C=O) groups excluding carboxylic acids is 3. The molecule has 2 rings (SSSR count). The number of aromatic nitrogens is 1. The minimum absolute atomic E-state index is 0.00733. The molecule has 1 aromatic carbocycles. The maximum absolute atomic E-state index is 12.7. The number of Topliss-reactive ketones (excluding diaryl/α,β-unsaturated/α-hetero) is 1. The van der Waals surface area contributed by atoms with E-state index in [1.54, 1.807) is 26.8 Å². The summed E-state index contributed by atoms with van der Waals surface area (Å²) in [6.07, 6.45) is -1.11. The molecule has 2 aromatic rings. The number of hydrogen-bond donors (Lipinski definition) is 1. The van der Waals surface area contributed by atoms with Crippen LogP contribution in [0.3, 0.4) is 0 Å². The first-order chi connectivity index (χ1) is 12.7. The van der Waals surface area contributed by atoms with Crippen molar-refractivity contribution in [3.63, 3.8) is 0 Å². The second kappa shape index (κ2) is 8.59. The van der Waals surface area contributed by atoms with E-state index in [9.17, 15) is 14.4 Å². The van der Waals surface area contributed by atoms with E-state index < -0.39 is 23.8 Å². The summed E-state index contributed by atoms with van der Waals surface area (Å²) >= 11 is 12.0. The average molecular weight is 412 g/mol. The van der Waals surface area contributed by atoms with Crippen LogP contribution in [0.1, 0.15) is 56.3 Å². The highest BCUT2D eigenvalue weighted by molar-refractivity contribution is 6.39. The van der Waals surface area contributed by atoms with Gasteiger partial charge >= 0.3 is 11.9 Å². The Kier molecular flexibility index (Phi) is 6.68. The number of nitrogens with one attached hydrogen (secondary N) is 1. The first-order valence-corrected chi connectivity index (χ1v) is 9.00. The monoisotopic (exact) mass is 411 g/mol. The summed E-state index contributed by atoms with van der Waals surface area (Å²) < 4.78 is 10.2. The van der Waals surface area contributed by atoms with Crippen molar-refractivity contribution in [2.45, 2.75) is 33.8 Å². The minimum Gasteiger partial charge on any atom is -0.462 e. The third kappa shape index (κ3) is 4.34. The Morgan fingerprint density at radius 2 is 1.67 bits per heavy atom. The molecule has 0 unspecified atom stereocenters. The number of esters is 2. The first-order valence-electron chi connectivity index (χ1n) is 8.24. The number of benzene rings is 1. The standard InChI is InChI=1S/C19H19Cl2NO5/c1-5-26-18(24)14-9(2)16(22-10(14)3)17(23)11(4)27-19(25)15-12(20)7-6-8-13(15)21/h6-8,11,22H,5H2,1-4H3/t11-/m1/s1. The highest BCUT2D eigenvalue weighted by atomic mass is 35.5. The van der Waals surface area contributed by atoms with Gasteiger partial charge in [0.25, 0.3) is 0 Å². The molecule has 1 aromatic heterocycles. The Labute approximate surface area is 166 Å². The Morgan fingerprint density at radius 1 is 1.07 bits per heavy atom. The zero-order chi connectivity index (χ0) is 20.3. The quantitative estimate of drug-likeness (QED) is 0.556. The van der Waals surface area contributed by atoms with Gasteiger partial charge in [-0.1, -0.05) is 29.3 Å². The summed E-state index contributed by atoms with van der Waals surface area (Å²) in [6.45, 7) is 6.64. The lowest BCUT2D eigenvalue weighted by molar-refractivity contribution is 0.0317. The zero-order valence-electron chi connectivity index (χ0n) is 15.3. The van der Waals surface area contributed by atoms with Crippen LogP contribution >= 0.6 is 23.2 Å². The summed E-state index contributed by atoms with van der Waals surface area (Å²) in [6, 6.07) is 4.60. The van der Waals surface area contributed by atoms with E-state index >= 15 is 0 Å². The smallest absolute Gasteiger partial charge is 0.341 e. The van der Waals surface area contributed by atoms with Gasteiger partial charge in [-0.2, -0.15) is 0 Å². The predicted molar refractivity (Wildman–Crippen MR) is 102 cm³/mol. The lowest BCUT2D eigenvalue weighted by atomic mass is 10.1. The van der Waals surface area contributed by atoms with Gasteiger partial charge in [0.15, 0.2) is 6.10 Å². The molecule has 0 amide bonds. The van der Waals surface area contributed by atoms with Gasteiger partial charge < -0.3 is 14.5 Å². The minimum atomic E-state index is -1.11. The van der Waals surface area contributed by atoms with Crippen molar-refractivity contribution in [3.05, 3.63) is 56.3 Å². The summed E-state index contributed by atoms with van der Waals surface area (Å²) in [7, 11) is 0. The molecule has 0 radical (unpaired) electrons. The summed E-state index contributed by atoms with van der Waals surface area (Å²) in [5.41, 5.74) is 1.41. The van der Waals surface area contributed by atoms with E-state index in [0.29, 0.717) is 16.8 Å². The molecule has 0 aliphatic rings. The van der Waals surface area contributed by atoms with Gasteiger partial charge in [-0.05, 0) is 45.4 Å². The Hall–Kier alpha value is -2.31. The van der Waals surface area contributed by atoms with Crippen molar-refractivity contribution < 1.29 is 23.9 Å². The van der Waals surface area contributed by atoms with Crippen LogP contribution in [0, 0.1) is 13.8 Å². The van der Waals surface area contributed by atoms with Crippen LogP contribution in [0.2, 0.25) is 10.0 Å². The number of hydrogen-bond acceptors (Lipinski definition) is 5. The van der Waals surface area contributed by atoms with Gasteiger partial charge in [0, 0.05) is 5.69 Å². The van der Waals surface area contributed by atoms with E-state index in [1.165, 1.54) is 19.1 Å². The van der Waals surface area contributed by atoms with Gasteiger partial charge in [-0.3, -0.25) is 4.79 Å². The third-order valence-corrected chi connectivity index (χ3v) is 4.61. The molecule has 27 heavy (non-hydrogen) atoms. The summed E-state index contributed by atoms with van der Waals surface area (Å²) in [5.74, 6) is -1.81. The van der Waals surface area contributed by atoms with Crippen molar-refractivity contribution >= 4 is 40.9 Å². The van der Waals surface area contributed by atoms with Crippen molar-refractivity contribution in [1.29, 1.82) is 0 Å². The van der Waals surface area contributed by atoms with Crippen LogP contribution in [-0.4, -0.2) is 35.4 Å². The van der Waals surface area contributed by atoms with Gasteiger partial charge in [-0.15, -0.1) is 0 Å². The molecule has 0 saturated heterocycles. The second-order valence-electron chi connectivity index (χ2n) is 5.85. The number of aryl methyl sites for hydroxylation is 1. The lowest BCUT2D eigenvalue weighted by Gasteiger charge is -2.13. The molecule has 0 aliphatic carbocycles. The van der Waals surface area contributed by atoms with Crippen molar-refractivity contribution in [1.82, 2.24) is 4.98 Å². The van der Waals surface area contributed by atoms with E-state index in [2.05, 4.69) is 4.98 Å². The van der Waals surface area contributed by atoms with Crippen LogP contribution < -0.4 is 0 Å². The molecule has 0 saturated carbocycles. The van der Waals surface area contributed by atoms with Crippen LogP contribution in [0.25, 0.3) is 0 Å². The fourth-order valence-corrected chi connectivity index (χ4v) is 3.23. The molecule has 1 N–H and O–H groups in total. The van der Waals surface area contributed by atoms with Crippen molar-refractivity contribution in [3.8, 4) is 0 Å². The molecule has 8 heteroatoms. The molecule has 0 bridgehead atoms. The number of ketones is 1. The van der Waals surface area contributed by atoms with Gasteiger partial charge in [0.1, 0.15) is 0 Å².